The van der Waals surface area contributed by atoms with Gasteiger partial charge in [-0.1, -0.05) is 23.3 Å². The Hall–Kier alpha value is -2.67. The van der Waals surface area contributed by atoms with Crippen LogP contribution in [0.15, 0.2) is 30.9 Å². The highest BCUT2D eigenvalue weighted by Crippen LogP contribution is 2.22. The zero-order chi connectivity index (χ0) is 22.4. The molecule has 0 spiro atoms. The van der Waals surface area contributed by atoms with Crippen molar-refractivity contribution < 1.29 is 14.4 Å². The highest BCUT2D eigenvalue weighted by molar-refractivity contribution is 5.95. The van der Waals surface area contributed by atoms with Crippen LogP contribution in [0.25, 0.3) is 0 Å². The van der Waals surface area contributed by atoms with E-state index in [1.807, 2.05) is 35.8 Å². The smallest absolute Gasteiger partial charge is 0.253 e. The van der Waals surface area contributed by atoms with E-state index in [-0.39, 0.29) is 23.6 Å². The molecule has 1 aromatic rings. The predicted molar refractivity (Wildman–Crippen MR) is 121 cm³/mol. The van der Waals surface area contributed by atoms with Gasteiger partial charge >= 0.3 is 0 Å². The summed E-state index contributed by atoms with van der Waals surface area (Å²) < 4.78 is 0. The molecule has 0 bridgehead atoms. The molecule has 1 N–H and O–H groups in total. The zero-order valence-electron chi connectivity index (χ0n) is 18.7. The summed E-state index contributed by atoms with van der Waals surface area (Å²) in [4.78, 5) is 43.8. The number of nitrogens with one attached hydrogen (secondary N) is 1. The van der Waals surface area contributed by atoms with E-state index in [0.29, 0.717) is 57.9 Å². The van der Waals surface area contributed by atoms with Crippen molar-refractivity contribution in [2.75, 3.05) is 52.4 Å². The Morgan fingerprint density at radius 3 is 2.35 bits per heavy atom. The SMILES string of the molecule is C=CCNC(=O)CN1CCN(C(=O)C2CCCN(C(=O)c3cc(C)cc(C)c3)C2)CC1. The van der Waals surface area contributed by atoms with Crippen molar-refractivity contribution in [2.45, 2.75) is 26.7 Å². The number of rotatable bonds is 6. The van der Waals surface area contributed by atoms with Crippen molar-refractivity contribution >= 4 is 17.7 Å². The molecule has 0 aromatic heterocycles. The molecule has 1 atom stereocenters. The highest BCUT2D eigenvalue weighted by atomic mass is 16.2. The van der Waals surface area contributed by atoms with Crippen LogP contribution in [0.5, 0.6) is 0 Å². The number of nitrogens with zero attached hydrogens (tertiary/aromatic N) is 3. The third-order valence-electron chi connectivity index (χ3n) is 6.02. The average Bonchev–Trinajstić information content (AvgIpc) is 2.76. The van der Waals surface area contributed by atoms with Crippen LogP contribution in [0, 0.1) is 19.8 Å². The Balaban J connectivity index is 1.52. The number of likely N-dealkylation sites (tertiary alicyclic amines) is 1. The maximum absolute atomic E-state index is 13.1. The van der Waals surface area contributed by atoms with Gasteiger partial charge in [0.2, 0.25) is 11.8 Å². The molecule has 1 unspecified atom stereocenters. The lowest BCUT2D eigenvalue weighted by Gasteiger charge is -2.39. The summed E-state index contributed by atoms with van der Waals surface area (Å²) in [6, 6.07) is 5.90. The van der Waals surface area contributed by atoms with Crippen LogP contribution >= 0.6 is 0 Å². The minimum Gasteiger partial charge on any atom is -0.352 e. The molecule has 168 valence electrons. The summed E-state index contributed by atoms with van der Waals surface area (Å²) in [6.07, 6.45) is 3.32. The lowest BCUT2D eigenvalue weighted by Crippen LogP contribution is -2.54. The number of carbonyl (C=O) groups excluding carboxylic acids is 3. The van der Waals surface area contributed by atoms with E-state index in [1.165, 1.54) is 0 Å². The van der Waals surface area contributed by atoms with E-state index < -0.39 is 0 Å². The van der Waals surface area contributed by atoms with Crippen molar-refractivity contribution in [2.24, 2.45) is 5.92 Å². The van der Waals surface area contributed by atoms with Gasteiger partial charge in [0.25, 0.3) is 5.91 Å². The van der Waals surface area contributed by atoms with Crippen molar-refractivity contribution in [3.05, 3.63) is 47.5 Å². The van der Waals surface area contributed by atoms with Crippen LogP contribution in [-0.4, -0.2) is 84.8 Å². The molecule has 2 saturated heterocycles. The second-order valence-corrected chi connectivity index (χ2v) is 8.66. The second kappa shape index (κ2) is 10.6. The van der Waals surface area contributed by atoms with Crippen LogP contribution < -0.4 is 5.32 Å². The van der Waals surface area contributed by atoms with Crippen molar-refractivity contribution in [1.29, 1.82) is 0 Å². The maximum Gasteiger partial charge on any atom is 0.253 e. The lowest BCUT2D eigenvalue weighted by atomic mass is 9.95. The molecule has 31 heavy (non-hydrogen) atoms. The third kappa shape index (κ3) is 6.17. The summed E-state index contributed by atoms with van der Waals surface area (Å²) in [6.45, 7) is 12.2. The monoisotopic (exact) mass is 426 g/mol. The Bertz CT molecular complexity index is 810. The maximum atomic E-state index is 13.1. The van der Waals surface area contributed by atoms with E-state index in [0.717, 1.165) is 24.0 Å². The van der Waals surface area contributed by atoms with Gasteiger partial charge in [-0.25, -0.2) is 0 Å². The lowest BCUT2D eigenvalue weighted by molar-refractivity contribution is -0.138. The molecular weight excluding hydrogens is 392 g/mol. The van der Waals surface area contributed by atoms with Crippen LogP contribution in [0.2, 0.25) is 0 Å². The Morgan fingerprint density at radius 2 is 1.71 bits per heavy atom. The van der Waals surface area contributed by atoms with Gasteiger partial charge in [-0.2, -0.15) is 0 Å². The first-order valence-electron chi connectivity index (χ1n) is 11.1. The number of piperazine rings is 1. The van der Waals surface area contributed by atoms with Crippen LogP contribution in [-0.2, 0) is 9.59 Å². The van der Waals surface area contributed by atoms with Gasteiger partial charge in [-0.15, -0.1) is 6.58 Å². The van der Waals surface area contributed by atoms with Gasteiger partial charge in [-0.3, -0.25) is 19.3 Å². The molecular formula is C24H34N4O3. The number of benzene rings is 1. The fourth-order valence-corrected chi connectivity index (χ4v) is 4.47. The van der Waals surface area contributed by atoms with E-state index in [2.05, 4.69) is 22.9 Å². The van der Waals surface area contributed by atoms with Gasteiger partial charge in [0.05, 0.1) is 12.5 Å². The minimum absolute atomic E-state index is 0.0136. The number of piperidine rings is 1. The van der Waals surface area contributed by atoms with Crippen LogP contribution in [0.3, 0.4) is 0 Å². The summed E-state index contributed by atoms with van der Waals surface area (Å²) in [7, 11) is 0. The number of hydrogen-bond acceptors (Lipinski definition) is 4. The molecule has 2 heterocycles. The van der Waals surface area contributed by atoms with Gasteiger partial charge < -0.3 is 15.1 Å². The predicted octanol–water partition coefficient (Wildman–Crippen LogP) is 1.60. The molecule has 0 saturated carbocycles. The third-order valence-corrected chi connectivity index (χ3v) is 6.02. The number of carbonyl (C=O) groups is 3. The van der Waals surface area contributed by atoms with Crippen molar-refractivity contribution in [3.8, 4) is 0 Å². The molecule has 3 rings (SSSR count). The van der Waals surface area contributed by atoms with Gasteiger partial charge in [-0.05, 0) is 38.8 Å². The fraction of sp³-hybridized carbons (Fsp3) is 0.542. The molecule has 1 aromatic carbocycles. The van der Waals surface area contributed by atoms with Gasteiger partial charge in [0, 0.05) is 51.4 Å². The highest BCUT2D eigenvalue weighted by Gasteiger charge is 2.33. The van der Waals surface area contributed by atoms with Crippen LogP contribution in [0.1, 0.15) is 34.3 Å². The molecule has 3 amide bonds. The topological polar surface area (TPSA) is 73.0 Å². The summed E-state index contributed by atoms with van der Waals surface area (Å²) in [5.41, 5.74) is 2.85. The number of hydrogen-bond donors (Lipinski definition) is 1. The van der Waals surface area contributed by atoms with Crippen molar-refractivity contribution in [3.63, 3.8) is 0 Å². The summed E-state index contributed by atoms with van der Waals surface area (Å²) in [5, 5.41) is 2.78. The first-order chi connectivity index (χ1) is 14.9. The van der Waals surface area contributed by atoms with E-state index in [9.17, 15) is 14.4 Å². The second-order valence-electron chi connectivity index (χ2n) is 8.66. The first kappa shape index (κ1) is 23.0. The molecule has 2 aliphatic heterocycles. The van der Waals surface area contributed by atoms with E-state index in [1.54, 1.807) is 6.08 Å². The molecule has 2 fully saturated rings. The summed E-state index contributed by atoms with van der Waals surface area (Å²) in [5.74, 6) is -0.0214. The molecule has 0 aliphatic carbocycles. The molecule has 0 radical (unpaired) electrons. The quantitative estimate of drug-likeness (QED) is 0.702. The van der Waals surface area contributed by atoms with E-state index in [4.69, 9.17) is 0 Å². The Morgan fingerprint density at radius 1 is 1.03 bits per heavy atom. The minimum atomic E-state index is -0.147. The largest absolute Gasteiger partial charge is 0.352 e. The normalized spacial score (nSPS) is 19.7. The average molecular weight is 427 g/mol. The van der Waals surface area contributed by atoms with Crippen LogP contribution in [0.4, 0.5) is 0 Å². The first-order valence-corrected chi connectivity index (χ1v) is 11.1. The van der Waals surface area contributed by atoms with Gasteiger partial charge in [0.1, 0.15) is 0 Å². The van der Waals surface area contributed by atoms with Gasteiger partial charge in [0.15, 0.2) is 0 Å². The molecule has 7 nitrogen and oxygen atoms in total. The van der Waals surface area contributed by atoms with Crippen molar-refractivity contribution in [1.82, 2.24) is 20.0 Å². The fourth-order valence-electron chi connectivity index (χ4n) is 4.47. The zero-order valence-corrected chi connectivity index (χ0v) is 18.7. The number of amides is 3. The Kier molecular flexibility index (Phi) is 7.85. The molecule has 7 heteroatoms. The molecule has 2 aliphatic rings. The number of aryl methyl sites for hydroxylation is 2. The van der Waals surface area contributed by atoms with E-state index >= 15 is 0 Å². The summed E-state index contributed by atoms with van der Waals surface area (Å²) >= 11 is 0. The Labute approximate surface area is 185 Å². The standard InChI is InChI=1S/C24H34N4O3/c1-4-7-25-22(29)17-26-9-11-27(12-10-26)23(30)20-6-5-8-28(16-20)24(31)21-14-18(2)13-19(3)15-21/h4,13-15,20H,1,5-12,16-17H2,2-3H3,(H,25,29).